The van der Waals surface area contributed by atoms with Gasteiger partial charge in [0.2, 0.25) is 5.91 Å². The molecule has 4 nitrogen and oxygen atoms in total. The number of pyridine rings is 1. The number of unbranched alkanes of at least 4 members (excludes halogenated alkanes) is 6. The summed E-state index contributed by atoms with van der Waals surface area (Å²) in [5.74, 6) is 0.336. The Balaban J connectivity index is 1.37. The van der Waals surface area contributed by atoms with Crippen molar-refractivity contribution in [1.29, 1.82) is 0 Å². The largest absolute Gasteiger partial charge is 0.368 e. The molecule has 0 atom stereocenters. The lowest BCUT2D eigenvalue weighted by atomic mass is 10.1. The van der Waals surface area contributed by atoms with Crippen molar-refractivity contribution in [3.63, 3.8) is 0 Å². The Morgan fingerprint density at radius 1 is 0.871 bits per heavy atom. The van der Waals surface area contributed by atoms with E-state index in [0.29, 0.717) is 12.3 Å². The van der Waals surface area contributed by atoms with Crippen LogP contribution in [0.4, 0.5) is 5.69 Å². The highest BCUT2D eigenvalue weighted by Gasteiger charge is 2.20. The van der Waals surface area contributed by atoms with Crippen LogP contribution in [-0.2, 0) is 4.79 Å². The Bertz CT molecular complexity index is 793. The summed E-state index contributed by atoms with van der Waals surface area (Å²) in [5, 5.41) is 0. The van der Waals surface area contributed by atoms with Crippen LogP contribution in [0.3, 0.4) is 0 Å². The molecular formula is C27H37N3O. The molecule has 1 aliphatic rings. The SMILES string of the molecule is CCCCCCCCCC(=O)N1CCN(c2ccc(C=Cc3ccccn3)cc2)CC1. The van der Waals surface area contributed by atoms with Gasteiger partial charge in [-0.2, -0.15) is 0 Å². The van der Waals surface area contributed by atoms with Gasteiger partial charge < -0.3 is 9.80 Å². The summed E-state index contributed by atoms with van der Waals surface area (Å²) in [4.78, 5) is 21.3. The van der Waals surface area contributed by atoms with E-state index in [1.807, 2.05) is 30.5 Å². The number of rotatable bonds is 11. The molecule has 0 bridgehead atoms. The smallest absolute Gasteiger partial charge is 0.222 e. The second-order valence-corrected chi connectivity index (χ2v) is 8.42. The second kappa shape index (κ2) is 12.9. The zero-order chi connectivity index (χ0) is 21.7. The number of benzene rings is 1. The van der Waals surface area contributed by atoms with Crippen LogP contribution in [0.2, 0.25) is 0 Å². The van der Waals surface area contributed by atoms with Crippen LogP contribution in [0, 0.1) is 0 Å². The van der Waals surface area contributed by atoms with E-state index in [2.05, 4.69) is 52.0 Å². The van der Waals surface area contributed by atoms with Gasteiger partial charge in [0.1, 0.15) is 0 Å². The Labute approximate surface area is 188 Å². The summed E-state index contributed by atoms with van der Waals surface area (Å²) in [6, 6.07) is 14.6. The van der Waals surface area contributed by atoms with Gasteiger partial charge in [-0.15, -0.1) is 0 Å². The predicted molar refractivity (Wildman–Crippen MR) is 131 cm³/mol. The fourth-order valence-electron chi connectivity index (χ4n) is 4.06. The quantitative estimate of drug-likeness (QED) is 0.417. The lowest BCUT2D eigenvalue weighted by Crippen LogP contribution is -2.48. The standard InChI is InChI=1S/C27H37N3O/c1-2-3-4-5-6-7-8-12-27(31)30-22-20-29(21-23-30)26-17-14-24(15-18-26)13-16-25-11-9-10-19-28-25/h9-11,13-19H,2-8,12,20-23H2,1H3. The van der Waals surface area contributed by atoms with Crippen LogP contribution in [0.25, 0.3) is 12.2 Å². The molecule has 3 rings (SSSR count). The Morgan fingerprint density at radius 3 is 2.26 bits per heavy atom. The van der Waals surface area contributed by atoms with E-state index in [1.165, 1.54) is 44.2 Å². The van der Waals surface area contributed by atoms with E-state index in [-0.39, 0.29) is 0 Å². The third kappa shape index (κ3) is 7.86. The molecule has 0 radical (unpaired) electrons. The van der Waals surface area contributed by atoms with Gasteiger partial charge in [-0.1, -0.05) is 69.7 Å². The van der Waals surface area contributed by atoms with E-state index >= 15 is 0 Å². The fraction of sp³-hybridized carbons (Fsp3) is 0.481. The third-order valence-corrected chi connectivity index (χ3v) is 6.02. The summed E-state index contributed by atoms with van der Waals surface area (Å²) in [7, 11) is 0. The van der Waals surface area contributed by atoms with Gasteiger partial charge in [-0.25, -0.2) is 0 Å². The number of hydrogen-bond donors (Lipinski definition) is 0. The first-order valence-corrected chi connectivity index (χ1v) is 12.0. The molecule has 31 heavy (non-hydrogen) atoms. The molecule has 1 aliphatic heterocycles. The maximum Gasteiger partial charge on any atom is 0.222 e. The average Bonchev–Trinajstić information content (AvgIpc) is 2.83. The van der Waals surface area contributed by atoms with Crippen molar-refractivity contribution in [1.82, 2.24) is 9.88 Å². The Morgan fingerprint density at radius 2 is 1.58 bits per heavy atom. The number of amides is 1. The van der Waals surface area contributed by atoms with Crippen molar-refractivity contribution >= 4 is 23.7 Å². The minimum absolute atomic E-state index is 0.336. The van der Waals surface area contributed by atoms with Gasteiger partial charge in [-0.05, 0) is 42.3 Å². The monoisotopic (exact) mass is 419 g/mol. The van der Waals surface area contributed by atoms with Crippen molar-refractivity contribution in [2.45, 2.75) is 58.3 Å². The van der Waals surface area contributed by atoms with Gasteiger partial charge >= 0.3 is 0 Å². The van der Waals surface area contributed by atoms with Gasteiger partial charge in [0.15, 0.2) is 0 Å². The minimum Gasteiger partial charge on any atom is -0.368 e. The van der Waals surface area contributed by atoms with Crippen LogP contribution in [-0.4, -0.2) is 42.0 Å². The van der Waals surface area contributed by atoms with Crippen molar-refractivity contribution in [3.05, 3.63) is 59.9 Å². The maximum absolute atomic E-state index is 12.5. The number of hydrogen-bond acceptors (Lipinski definition) is 3. The van der Waals surface area contributed by atoms with E-state index in [4.69, 9.17) is 0 Å². The first-order chi connectivity index (χ1) is 15.3. The third-order valence-electron chi connectivity index (χ3n) is 6.02. The molecule has 4 heteroatoms. The summed E-state index contributed by atoms with van der Waals surface area (Å²) >= 11 is 0. The van der Waals surface area contributed by atoms with Crippen LogP contribution in [0.5, 0.6) is 0 Å². The zero-order valence-electron chi connectivity index (χ0n) is 19.0. The lowest BCUT2D eigenvalue weighted by Gasteiger charge is -2.36. The number of aromatic nitrogens is 1. The molecule has 1 aromatic heterocycles. The average molecular weight is 420 g/mol. The summed E-state index contributed by atoms with van der Waals surface area (Å²) in [5.41, 5.74) is 3.36. The van der Waals surface area contributed by atoms with Crippen molar-refractivity contribution < 1.29 is 4.79 Å². The first kappa shape index (κ1) is 23.1. The van der Waals surface area contributed by atoms with Crippen molar-refractivity contribution in [2.75, 3.05) is 31.1 Å². The number of carbonyl (C=O) groups excluding carboxylic acids is 1. The molecule has 0 spiro atoms. The lowest BCUT2D eigenvalue weighted by molar-refractivity contribution is -0.131. The molecular weight excluding hydrogens is 382 g/mol. The highest BCUT2D eigenvalue weighted by atomic mass is 16.2. The highest BCUT2D eigenvalue weighted by Crippen LogP contribution is 2.19. The molecule has 0 aliphatic carbocycles. The molecule has 0 N–H and O–H groups in total. The number of nitrogens with zero attached hydrogens (tertiary/aromatic N) is 3. The normalized spacial score (nSPS) is 14.4. The Hall–Kier alpha value is -2.62. The molecule has 2 heterocycles. The molecule has 1 fully saturated rings. The summed E-state index contributed by atoms with van der Waals surface area (Å²) in [6.45, 7) is 5.72. The molecule has 0 saturated carbocycles. The van der Waals surface area contributed by atoms with Crippen molar-refractivity contribution in [2.24, 2.45) is 0 Å². The molecule has 1 amide bonds. The molecule has 1 aromatic carbocycles. The van der Waals surface area contributed by atoms with Crippen LogP contribution in [0.15, 0.2) is 48.7 Å². The number of piperazine rings is 1. The second-order valence-electron chi connectivity index (χ2n) is 8.42. The summed E-state index contributed by atoms with van der Waals surface area (Å²) in [6.07, 6.45) is 15.4. The van der Waals surface area contributed by atoms with Gasteiger partial charge in [0, 0.05) is 44.5 Å². The van der Waals surface area contributed by atoms with Crippen LogP contribution in [0.1, 0.15) is 69.5 Å². The highest BCUT2D eigenvalue weighted by molar-refractivity contribution is 5.76. The van der Waals surface area contributed by atoms with Gasteiger partial charge in [0.25, 0.3) is 0 Å². The molecule has 166 valence electrons. The predicted octanol–water partition coefficient (Wildman–Crippen LogP) is 6.04. The fourth-order valence-corrected chi connectivity index (χ4v) is 4.06. The molecule has 2 aromatic rings. The molecule has 0 unspecified atom stereocenters. The zero-order valence-corrected chi connectivity index (χ0v) is 19.0. The Kier molecular flexibility index (Phi) is 9.62. The van der Waals surface area contributed by atoms with Gasteiger partial charge in [-0.3, -0.25) is 9.78 Å². The topological polar surface area (TPSA) is 36.4 Å². The summed E-state index contributed by atoms with van der Waals surface area (Å²) < 4.78 is 0. The molecule has 1 saturated heterocycles. The van der Waals surface area contributed by atoms with Crippen LogP contribution < -0.4 is 4.90 Å². The first-order valence-electron chi connectivity index (χ1n) is 12.0. The van der Waals surface area contributed by atoms with E-state index in [0.717, 1.165) is 43.9 Å². The van der Waals surface area contributed by atoms with Gasteiger partial charge in [0.05, 0.1) is 5.69 Å². The van der Waals surface area contributed by atoms with Crippen molar-refractivity contribution in [3.8, 4) is 0 Å². The number of anilines is 1. The van der Waals surface area contributed by atoms with E-state index in [9.17, 15) is 4.79 Å². The number of carbonyl (C=O) groups is 1. The maximum atomic E-state index is 12.5. The van der Waals surface area contributed by atoms with Crippen LogP contribution >= 0.6 is 0 Å². The minimum atomic E-state index is 0.336. The van der Waals surface area contributed by atoms with E-state index < -0.39 is 0 Å². The van der Waals surface area contributed by atoms with E-state index in [1.54, 1.807) is 0 Å².